The molecule has 2 heterocycles. The molecule has 0 aliphatic heterocycles. The zero-order chi connectivity index (χ0) is 11.4. The minimum absolute atomic E-state index is 0.431. The number of aromatic nitrogens is 2. The molecule has 0 bridgehead atoms. The molecule has 0 fully saturated rings. The van der Waals surface area contributed by atoms with E-state index in [1.807, 2.05) is 0 Å². The lowest BCUT2D eigenvalue weighted by Crippen LogP contribution is -2.12. The van der Waals surface area contributed by atoms with Crippen molar-refractivity contribution in [2.75, 3.05) is 0 Å². The van der Waals surface area contributed by atoms with E-state index in [1.54, 1.807) is 48.8 Å². The number of aliphatic hydroxyl groups excluding tert-OH is 2. The fourth-order valence-electron chi connectivity index (χ4n) is 1.43. The smallest absolute Gasteiger partial charge is 0.127 e. The summed E-state index contributed by atoms with van der Waals surface area (Å²) in [6.45, 7) is 0. The van der Waals surface area contributed by atoms with E-state index in [2.05, 4.69) is 9.97 Å². The highest BCUT2D eigenvalue weighted by atomic mass is 16.3. The molecule has 2 aromatic heterocycles. The second kappa shape index (κ2) is 4.83. The Labute approximate surface area is 93.2 Å². The molecule has 4 heteroatoms. The maximum absolute atomic E-state index is 9.89. The summed E-state index contributed by atoms with van der Waals surface area (Å²) in [5.41, 5.74) is 0.862. The molecular formula is C12H12N2O2. The molecule has 0 radical (unpaired) electrons. The van der Waals surface area contributed by atoms with E-state index < -0.39 is 12.2 Å². The Morgan fingerprint density at radius 1 is 0.750 bits per heavy atom. The molecule has 0 saturated carbocycles. The lowest BCUT2D eigenvalue weighted by atomic mass is 10.1. The van der Waals surface area contributed by atoms with E-state index in [0.717, 1.165) is 0 Å². The molecule has 0 aliphatic rings. The average molecular weight is 216 g/mol. The average Bonchev–Trinajstić information content (AvgIpc) is 2.39. The number of nitrogens with zero attached hydrogens (tertiary/aromatic N) is 2. The normalized spacial score (nSPS) is 14.4. The van der Waals surface area contributed by atoms with Gasteiger partial charge in [-0.25, -0.2) is 0 Å². The molecule has 0 spiro atoms. The minimum atomic E-state index is -1.06. The van der Waals surface area contributed by atoms with Gasteiger partial charge in [-0.2, -0.15) is 0 Å². The van der Waals surface area contributed by atoms with Gasteiger partial charge in [0, 0.05) is 12.4 Å². The summed E-state index contributed by atoms with van der Waals surface area (Å²) in [5.74, 6) is 0. The van der Waals surface area contributed by atoms with Crippen LogP contribution >= 0.6 is 0 Å². The van der Waals surface area contributed by atoms with Crippen LogP contribution in [0.4, 0.5) is 0 Å². The maximum Gasteiger partial charge on any atom is 0.127 e. The summed E-state index contributed by atoms with van der Waals surface area (Å²) in [7, 11) is 0. The largest absolute Gasteiger partial charge is 0.384 e. The first-order chi connectivity index (χ1) is 7.79. The Kier molecular flexibility index (Phi) is 3.24. The van der Waals surface area contributed by atoms with Gasteiger partial charge in [0.25, 0.3) is 0 Å². The number of pyridine rings is 2. The van der Waals surface area contributed by atoms with Crippen molar-refractivity contribution in [3.05, 3.63) is 60.2 Å². The van der Waals surface area contributed by atoms with Gasteiger partial charge in [-0.15, -0.1) is 0 Å². The summed E-state index contributed by atoms with van der Waals surface area (Å²) < 4.78 is 0. The highest BCUT2D eigenvalue weighted by Gasteiger charge is 2.21. The molecule has 2 N–H and O–H groups in total. The quantitative estimate of drug-likeness (QED) is 0.810. The van der Waals surface area contributed by atoms with Gasteiger partial charge in [-0.05, 0) is 24.3 Å². The van der Waals surface area contributed by atoms with Gasteiger partial charge in [-0.3, -0.25) is 9.97 Å². The molecule has 2 atom stereocenters. The fourth-order valence-corrected chi connectivity index (χ4v) is 1.43. The lowest BCUT2D eigenvalue weighted by Gasteiger charge is -2.16. The SMILES string of the molecule is O[C@H](c1ccccn1)[C@H](O)c1ccccn1. The van der Waals surface area contributed by atoms with Crippen LogP contribution in [0.5, 0.6) is 0 Å². The van der Waals surface area contributed by atoms with Crippen LogP contribution in [-0.4, -0.2) is 20.2 Å². The molecular weight excluding hydrogens is 204 g/mol. The standard InChI is InChI=1S/C12H12N2O2/c15-11(9-5-1-3-7-13-9)12(16)10-6-2-4-8-14-10/h1-8,11-12,15-16H/t11-,12-/m1/s1. The summed E-state index contributed by atoms with van der Waals surface area (Å²) in [4.78, 5) is 7.97. The number of aliphatic hydroxyl groups is 2. The number of hydrogen-bond donors (Lipinski definition) is 2. The zero-order valence-electron chi connectivity index (χ0n) is 8.56. The van der Waals surface area contributed by atoms with Crippen molar-refractivity contribution < 1.29 is 10.2 Å². The Morgan fingerprint density at radius 3 is 1.50 bits per heavy atom. The third-order valence-corrected chi connectivity index (χ3v) is 2.28. The van der Waals surface area contributed by atoms with Gasteiger partial charge in [0.2, 0.25) is 0 Å². The van der Waals surface area contributed by atoms with Crippen LogP contribution in [-0.2, 0) is 0 Å². The summed E-state index contributed by atoms with van der Waals surface area (Å²) in [5, 5.41) is 19.8. The molecule has 4 nitrogen and oxygen atoms in total. The summed E-state index contributed by atoms with van der Waals surface area (Å²) in [6.07, 6.45) is 1.03. The first-order valence-electron chi connectivity index (χ1n) is 4.97. The Bertz CT molecular complexity index is 390. The number of hydrogen-bond acceptors (Lipinski definition) is 4. The molecule has 0 amide bonds. The van der Waals surface area contributed by atoms with Crippen LogP contribution in [0, 0.1) is 0 Å². The summed E-state index contributed by atoms with van der Waals surface area (Å²) in [6, 6.07) is 10.4. The third-order valence-electron chi connectivity index (χ3n) is 2.28. The van der Waals surface area contributed by atoms with E-state index in [1.165, 1.54) is 0 Å². The van der Waals surface area contributed by atoms with Crippen molar-refractivity contribution >= 4 is 0 Å². The maximum atomic E-state index is 9.89. The van der Waals surface area contributed by atoms with E-state index in [0.29, 0.717) is 11.4 Å². The topological polar surface area (TPSA) is 66.2 Å². The predicted molar refractivity (Wildman–Crippen MR) is 58.4 cm³/mol. The van der Waals surface area contributed by atoms with Crippen molar-refractivity contribution in [2.24, 2.45) is 0 Å². The van der Waals surface area contributed by atoms with Crippen molar-refractivity contribution in [1.29, 1.82) is 0 Å². The van der Waals surface area contributed by atoms with Crippen LogP contribution in [0.25, 0.3) is 0 Å². The van der Waals surface area contributed by atoms with Crippen molar-refractivity contribution in [3.8, 4) is 0 Å². The van der Waals surface area contributed by atoms with Gasteiger partial charge in [0.05, 0.1) is 11.4 Å². The van der Waals surface area contributed by atoms with E-state index in [4.69, 9.17) is 0 Å². The van der Waals surface area contributed by atoms with Gasteiger partial charge in [-0.1, -0.05) is 12.1 Å². The molecule has 0 unspecified atom stereocenters. The minimum Gasteiger partial charge on any atom is -0.384 e. The van der Waals surface area contributed by atoms with Crippen molar-refractivity contribution in [1.82, 2.24) is 9.97 Å². The Balaban J connectivity index is 2.20. The van der Waals surface area contributed by atoms with Crippen LogP contribution in [0.2, 0.25) is 0 Å². The van der Waals surface area contributed by atoms with Gasteiger partial charge in [0.15, 0.2) is 0 Å². The molecule has 0 aliphatic carbocycles. The zero-order valence-corrected chi connectivity index (χ0v) is 8.56. The van der Waals surface area contributed by atoms with Crippen molar-refractivity contribution in [2.45, 2.75) is 12.2 Å². The number of rotatable bonds is 3. The Morgan fingerprint density at radius 2 is 1.19 bits per heavy atom. The van der Waals surface area contributed by atoms with Crippen LogP contribution in [0.1, 0.15) is 23.6 Å². The van der Waals surface area contributed by atoms with Crippen LogP contribution in [0.3, 0.4) is 0 Å². The molecule has 16 heavy (non-hydrogen) atoms. The van der Waals surface area contributed by atoms with Crippen molar-refractivity contribution in [3.63, 3.8) is 0 Å². The van der Waals surface area contributed by atoms with Gasteiger partial charge >= 0.3 is 0 Å². The third kappa shape index (κ3) is 2.24. The molecule has 0 aromatic carbocycles. The highest BCUT2D eigenvalue weighted by Crippen LogP contribution is 2.25. The van der Waals surface area contributed by atoms with Gasteiger partial charge < -0.3 is 10.2 Å². The lowest BCUT2D eigenvalue weighted by molar-refractivity contribution is 0.0120. The monoisotopic (exact) mass is 216 g/mol. The second-order valence-corrected chi connectivity index (χ2v) is 3.40. The molecule has 2 aromatic rings. The van der Waals surface area contributed by atoms with E-state index in [-0.39, 0.29) is 0 Å². The second-order valence-electron chi connectivity index (χ2n) is 3.40. The highest BCUT2D eigenvalue weighted by molar-refractivity contribution is 5.14. The Hall–Kier alpha value is -1.78. The van der Waals surface area contributed by atoms with E-state index in [9.17, 15) is 10.2 Å². The fraction of sp³-hybridized carbons (Fsp3) is 0.167. The first kappa shape index (κ1) is 10.7. The first-order valence-corrected chi connectivity index (χ1v) is 4.97. The molecule has 2 rings (SSSR count). The molecule has 82 valence electrons. The summed E-state index contributed by atoms with van der Waals surface area (Å²) >= 11 is 0. The predicted octanol–water partition coefficient (Wildman–Crippen LogP) is 1.24. The molecule has 0 saturated heterocycles. The van der Waals surface area contributed by atoms with E-state index >= 15 is 0 Å². The van der Waals surface area contributed by atoms with Crippen LogP contribution < -0.4 is 0 Å². The van der Waals surface area contributed by atoms with Crippen LogP contribution in [0.15, 0.2) is 48.8 Å². The van der Waals surface area contributed by atoms with Gasteiger partial charge in [0.1, 0.15) is 12.2 Å².